The molecule has 4 heterocycles. The molecule has 174 valence electrons. The highest BCUT2D eigenvalue weighted by atomic mass is 35.5. The van der Waals surface area contributed by atoms with Crippen molar-refractivity contribution in [2.24, 2.45) is 0 Å². The molecule has 1 atom stereocenters. The summed E-state index contributed by atoms with van der Waals surface area (Å²) in [6.07, 6.45) is 2.65. The molecule has 5 rings (SSSR count). The van der Waals surface area contributed by atoms with Gasteiger partial charge in [0.15, 0.2) is 17.3 Å². The number of nitrogens with one attached hydrogen (secondary N) is 2. The minimum Gasteiger partial charge on any atom is -0.473 e. The lowest BCUT2D eigenvalue weighted by atomic mass is 10.1. The summed E-state index contributed by atoms with van der Waals surface area (Å²) in [5.74, 6) is -0.882. The van der Waals surface area contributed by atoms with Gasteiger partial charge in [0.05, 0.1) is 33.7 Å². The van der Waals surface area contributed by atoms with E-state index in [2.05, 4.69) is 25.8 Å². The largest absolute Gasteiger partial charge is 0.473 e. The molecule has 0 unspecified atom stereocenters. The topological polar surface area (TPSA) is 137 Å². The van der Waals surface area contributed by atoms with Gasteiger partial charge in [0.1, 0.15) is 19.5 Å². The molecule has 0 spiro atoms. The first kappa shape index (κ1) is 22.0. The molecule has 4 N–H and O–H groups in total. The van der Waals surface area contributed by atoms with Crippen LogP contribution in [0.5, 0.6) is 5.88 Å². The zero-order valence-corrected chi connectivity index (χ0v) is 19.0. The predicted octanol–water partition coefficient (Wildman–Crippen LogP) is 2.48. The number of hydrogen-bond acceptors (Lipinski definition) is 9. The number of hydrogen-bond donors (Lipinski definition) is 3. The maximum Gasteiger partial charge on any atom is 0.281 e. The van der Waals surface area contributed by atoms with E-state index in [1.54, 1.807) is 12.1 Å². The van der Waals surface area contributed by atoms with Crippen LogP contribution in [0.15, 0.2) is 41.6 Å². The average Bonchev–Trinajstić information content (AvgIpc) is 3.16. The predicted molar refractivity (Wildman–Crippen MR) is 125 cm³/mol. The molecule has 0 aliphatic carbocycles. The van der Waals surface area contributed by atoms with Gasteiger partial charge in [-0.05, 0) is 17.7 Å². The fraction of sp³-hybridized carbons (Fsp3) is 0.190. The van der Waals surface area contributed by atoms with Gasteiger partial charge in [-0.2, -0.15) is 5.10 Å². The Kier molecular flexibility index (Phi) is 5.75. The van der Waals surface area contributed by atoms with Crippen molar-refractivity contribution in [2.45, 2.75) is 19.1 Å². The van der Waals surface area contributed by atoms with E-state index in [-0.39, 0.29) is 53.4 Å². The van der Waals surface area contributed by atoms with E-state index in [4.69, 9.17) is 22.1 Å². The van der Waals surface area contributed by atoms with E-state index in [1.807, 2.05) is 12.1 Å². The van der Waals surface area contributed by atoms with Crippen molar-refractivity contribution in [1.29, 1.82) is 0 Å². The lowest BCUT2D eigenvalue weighted by Gasteiger charge is -2.26. The molecular weight excluding hydrogens is 485 g/mol. The fourth-order valence-corrected chi connectivity index (χ4v) is 4.70. The van der Waals surface area contributed by atoms with Crippen LogP contribution in [0.4, 0.5) is 15.9 Å². The van der Waals surface area contributed by atoms with Gasteiger partial charge in [-0.25, -0.2) is 9.37 Å². The molecule has 1 aliphatic heterocycles. The third-order valence-corrected chi connectivity index (χ3v) is 6.63. The number of halogens is 2. The number of carbonyl (C=O) groups excluding carboxylic acids is 1. The van der Waals surface area contributed by atoms with Crippen LogP contribution < -0.4 is 26.7 Å². The molecule has 0 fully saturated rings. The molecule has 4 aromatic rings. The standard InChI is InChI=1S/C21H17ClFN7O3S/c22-11-3-1-10(2-4-11)12-8-33-20-18(28-12)21(32)30(9-26-20)7-15(31)25-5-14-17(23)16-13(34-14)6-27-29-19(16)24/h1-4,6,9,12,28H,5,7-8H2,(H2,24,29)(H,25,31)/t12-/m0/s1. The van der Waals surface area contributed by atoms with Crippen LogP contribution in [-0.4, -0.2) is 32.3 Å². The van der Waals surface area contributed by atoms with E-state index in [1.165, 1.54) is 12.5 Å². The molecule has 13 heteroatoms. The molecule has 34 heavy (non-hydrogen) atoms. The Hall–Kier alpha value is -3.77. The summed E-state index contributed by atoms with van der Waals surface area (Å²) in [5.41, 5.74) is 6.28. The first-order valence-corrected chi connectivity index (χ1v) is 11.3. The third kappa shape index (κ3) is 4.13. The Balaban J connectivity index is 1.29. The van der Waals surface area contributed by atoms with Crippen LogP contribution in [0.25, 0.3) is 10.1 Å². The molecule has 10 nitrogen and oxygen atoms in total. The van der Waals surface area contributed by atoms with Crippen molar-refractivity contribution in [2.75, 3.05) is 17.7 Å². The number of benzene rings is 1. The summed E-state index contributed by atoms with van der Waals surface area (Å²) in [6.45, 7) is -0.0946. The first-order valence-electron chi connectivity index (χ1n) is 10.1. The van der Waals surface area contributed by atoms with Crippen molar-refractivity contribution in [3.05, 3.63) is 68.4 Å². The Labute approximate surface area is 200 Å². The molecule has 1 aromatic carbocycles. The van der Waals surface area contributed by atoms with Gasteiger partial charge in [0.2, 0.25) is 11.8 Å². The Morgan fingerprint density at radius 1 is 1.38 bits per heavy atom. The number of rotatable bonds is 5. The number of nitrogens with two attached hydrogens (primary N) is 1. The van der Waals surface area contributed by atoms with Crippen LogP contribution in [-0.2, 0) is 17.9 Å². The highest BCUT2D eigenvalue weighted by Gasteiger charge is 2.25. The van der Waals surface area contributed by atoms with Crippen LogP contribution in [0, 0.1) is 5.82 Å². The maximum atomic E-state index is 14.6. The summed E-state index contributed by atoms with van der Waals surface area (Å²) in [5, 5.41) is 13.9. The van der Waals surface area contributed by atoms with E-state index >= 15 is 0 Å². The average molecular weight is 502 g/mol. The van der Waals surface area contributed by atoms with Gasteiger partial charge in [-0.1, -0.05) is 23.7 Å². The maximum absolute atomic E-state index is 14.6. The van der Waals surface area contributed by atoms with E-state index < -0.39 is 17.3 Å². The second-order valence-electron chi connectivity index (χ2n) is 7.50. The number of fused-ring (bicyclic) bond motifs is 2. The normalized spacial score (nSPS) is 14.8. The lowest BCUT2D eigenvalue weighted by molar-refractivity contribution is -0.121. The van der Waals surface area contributed by atoms with Crippen molar-refractivity contribution in [3.8, 4) is 5.88 Å². The smallest absolute Gasteiger partial charge is 0.281 e. The highest BCUT2D eigenvalue weighted by molar-refractivity contribution is 7.19. The zero-order valence-electron chi connectivity index (χ0n) is 17.4. The summed E-state index contributed by atoms with van der Waals surface area (Å²) < 4.78 is 22.0. The fourth-order valence-electron chi connectivity index (χ4n) is 3.57. The molecule has 1 amide bonds. The molecule has 0 radical (unpaired) electrons. The van der Waals surface area contributed by atoms with Gasteiger partial charge in [0, 0.05) is 5.02 Å². The van der Waals surface area contributed by atoms with Gasteiger partial charge in [-0.15, -0.1) is 16.4 Å². The number of nitrogen functional groups attached to an aromatic ring is 1. The van der Waals surface area contributed by atoms with E-state index in [9.17, 15) is 14.0 Å². The van der Waals surface area contributed by atoms with Crippen LogP contribution in [0.1, 0.15) is 16.5 Å². The van der Waals surface area contributed by atoms with E-state index in [0.29, 0.717) is 9.72 Å². The second kappa shape index (κ2) is 8.88. The van der Waals surface area contributed by atoms with Crippen LogP contribution in [0.3, 0.4) is 0 Å². The van der Waals surface area contributed by atoms with E-state index in [0.717, 1.165) is 21.5 Å². The summed E-state index contributed by atoms with van der Waals surface area (Å²) in [4.78, 5) is 29.9. The molecular formula is C21H17ClFN7O3S. The van der Waals surface area contributed by atoms with Crippen molar-refractivity contribution < 1.29 is 13.9 Å². The highest BCUT2D eigenvalue weighted by Crippen LogP contribution is 2.32. The van der Waals surface area contributed by atoms with Gasteiger partial charge in [0.25, 0.3) is 5.56 Å². The Morgan fingerprint density at radius 3 is 2.94 bits per heavy atom. The SMILES string of the molecule is Nc1nncc2sc(CNC(=O)Cn3cnc4c(c3=O)N[C@H](c3ccc(Cl)cc3)CO4)c(F)c12. The minimum absolute atomic E-state index is 0.0119. The number of anilines is 2. The summed E-state index contributed by atoms with van der Waals surface area (Å²) in [6, 6.07) is 6.89. The monoisotopic (exact) mass is 501 g/mol. The molecule has 1 aliphatic rings. The summed E-state index contributed by atoms with van der Waals surface area (Å²) >= 11 is 7.06. The van der Waals surface area contributed by atoms with Crippen LogP contribution in [0.2, 0.25) is 5.02 Å². The van der Waals surface area contributed by atoms with Gasteiger partial charge < -0.3 is 21.1 Å². The first-order chi connectivity index (χ1) is 16.4. The molecule has 0 bridgehead atoms. The lowest BCUT2D eigenvalue weighted by Crippen LogP contribution is -2.36. The molecule has 3 aromatic heterocycles. The number of carbonyl (C=O) groups is 1. The quantitative estimate of drug-likeness (QED) is 0.379. The summed E-state index contributed by atoms with van der Waals surface area (Å²) in [7, 11) is 0. The second-order valence-corrected chi connectivity index (χ2v) is 9.08. The zero-order chi connectivity index (χ0) is 23.8. The number of ether oxygens (including phenoxy) is 1. The van der Waals surface area contributed by atoms with Gasteiger partial charge in [-0.3, -0.25) is 14.2 Å². The van der Waals surface area contributed by atoms with Crippen molar-refractivity contribution in [1.82, 2.24) is 25.1 Å². The Morgan fingerprint density at radius 2 is 2.18 bits per heavy atom. The molecule has 0 saturated heterocycles. The van der Waals surface area contributed by atoms with Gasteiger partial charge >= 0.3 is 0 Å². The number of nitrogens with zero attached hydrogens (tertiary/aromatic N) is 4. The number of thiophene rings is 1. The van der Waals surface area contributed by atoms with Crippen molar-refractivity contribution >= 4 is 50.4 Å². The minimum atomic E-state index is -0.546. The Bertz CT molecular complexity index is 1460. The number of amides is 1. The number of aromatic nitrogens is 4. The van der Waals surface area contributed by atoms with Crippen LogP contribution >= 0.6 is 22.9 Å². The molecule has 0 saturated carbocycles. The third-order valence-electron chi connectivity index (χ3n) is 5.28. The van der Waals surface area contributed by atoms with Crippen molar-refractivity contribution in [3.63, 3.8) is 0 Å².